The van der Waals surface area contributed by atoms with Crippen molar-refractivity contribution < 1.29 is 0 Å². The van der Waals surface area contributed by atoms with Crippen molar-refractivity contribution in [2.75, 3.05) is 0 Å². The van der Waals surface area contributed by atoms with Crippen LogP contribution < -0.4 is 11.5 Å². The molecule has 0 atom stereocenters. The molecule has 16 heavy (non-hydrogen) atoms. The Labute approximate surface area is 99.2 Å². The second-order valence-electron chi connectivity index (χ2n) is 4.09. The first-order chi connectivity index (χ1) is 7.77. The van der Waals surface area contributed by atoms with Crippen molar-refractivity contribution >= 4 is 12.2 Å². The largest absolute Gasteiger partial charge is 0.369 e. The molecule has 0 rings (SSSR count). The summed E-state index contributed by atoms with van der Waals surface area (Å²) in [6.07, 6.45) is 13.4. The lowest BCUT2D eigenvalue weighted by molar-refractivity contribution is 0.580. The molecule has 4 nitrogen and oxygen atoms in total. The third kappa shape index (κ3) is 12.9. The predicted molar refractivity (Wildman–Crippen MR) is 71.5 cm³/mol. The van der Waals surface area contributed by atoms with Gasteiger partial charge in [-0.2, -0.15) is 5.10 Å². The molecule has 0 bridgehead atoms. The predicted octanol–water partition coefficient (Wildman–Crippen LogP) is 2.78. The molecule has 0 aromatic carbocycles. The zero-order valence-electron chi connectivity index (χ0n) is 10.5. The molecule has 4 heteroatoms. The van der Waals surface area contributed by atoms with Gasteiger partial charge in [0.05, 0.1) is 0 Å². The first kappa shape index (κ1) is 14.9. The summed E-state index contributed by atoms with van der Waals surface area (Å²) < 4.78 is 0. The van der Waals surface area contributed by atoms with Crippen molar-refractivity contribution in [1.29, 1.82) is 0 Å². The van der Waals surface area contributed by atoms with E-state index < -0.39 is 0 Å². The van der Waals surface area contributed by atoms with Gasteiger partial charge >= 0.3 is 0 Å². The second kappa shape index (κ2) is 12.0. The smallest absolute Gasteiger partial charge is 0.211 e. The number of rotatable bonds is 10. The summed E-state index contributed by atoms with van der Waals surface area (Å²) >= 11 is 0. The molecule has 0 spiro atoms. The van der Waals surface area contributed by atoms with Crippen LogP contribution in [0, 0.1) is 0 Å². The van der Waals surface area contributed by atoms with Crippen LogP contribution >= 0.6 is 0 Å². The summed E-state index contributed by atoms with van der Waals surface area (Å²) in [6.45, 7) is 2.25. The minimum atomic E-state index is 0.0205. The lowest BCUT2D eigenvalue weighted by Crippen LogP contribution is -2.21. The Bertz CT molecular complexity index is 195. The summed E-state index contributed by atoms with van der Waals surface area (Å²) in [7, 11) is 0. The van der Waals surface area contributed by atoms with Crippen LogP contribution in [-0.2, 0) is 0 Å². The maximum absolute atomic E-state index is 5.13. The lowest BCUT2D eigenvalue weighted by atomic mass is 10.1. The fourth-order valence-electron chi connectivity index (χ4n) is 1.53. The van der Waals surface area contributed by atoms with Gasteiger partial charge in [-0.1, -0.05) is 51.9 Å². The Morgan fingerprint density at radius 3 is 2.06 bits per heavy atom. The number of nitrogens with two attached hydrogens (primary N) is 2. The molecule has 0 unspecified atom stereocenters. The van der Waals surface area contributed by atoms with Crippen LogP contribution in [0.15, 0.2) is 10.2 Å². The van der Waals surface area contributed by atoms with E-state index in [1.54, 1.807) is 6.21 Å². The summed E-state index contributed by atoms with van der Waals surface area (Å²) in [6, 6.07) is 0. The average molecular weight is 226 g/mol. The van der Waals surface area contributed by atoms with E-state index in [9.17, 15) is 0 Å². The van der Waals surface area contributed by atoms with Gasteiger partial charge in [0.25, 0.3) is 0 Å². The van der Waals surface area contributed by atoms with Crippen LogP contribution in [-0.4, -0.2) is 12.2 Å². The monoisotopic (exact) mass is 226 g/mol. The first-order valence-electron chi connectivity index (χ1n) is 6.37. The number of hydrogen-bond acceptors (Lipinski definition) is 2. The Morgan fingerprint density at radius 2 is 1.50 bits per heavy atom. The van der Waals surface area contributed by atoms with E-state index in [-0.39, 0.29) is 5.96 Å². The Hall–Kier alpha value is -1.06. The summed E-state index contributed by atoms with van der Waals surface area (Å²) in [5.74, 6) is 0.0205. The topological polar surface area (TPSA) is 76.8 Å². The summed E-state index contributed by atoms with van der Waals surface area (Å²) in [4.78, 5) is 0. The van der Waals surface area contributed by atoms with Crippen LogP contribution in [0.5, 0.6) is 0 Å². The zero-order chi connectivity index (χ0) is 12.1. The highest BCUT2D eigenvalue weighted by Gasteiger charge is 1.90. The van der Waals surface area contributed by atoms with Gasteiger partial charge in [0.15, 0.2) is 0 Å². The van der Waals surface area contributed by atoms with Gasteiger partial charge in [0.1, 0.15) is 0 Å². The Kier molecular flexibility index (Phi) is 11.2. The van der Waals surface area contributed by atoms with Crippen LogP contribution in [0.3, 0.4) is 0 Å². The van der Waals surface area contributed by atoms with E-state index in [1.165, 1.54) is 51.4 Å². The number of nitrogens with zero attached hydrogens (tertiary/aromatic N) is 2. The van der Waals surface area contributed by atoms with Gasteiger partial charge in [0, 0.05) is 6.21 Å². The molecule has 0 saturated heterocycles. The van der Waals surface area contributed by atoms with Crippen LogP contribution in [0.2, 0.25) is 0 Å². The van der Waals surface area contributed by atoms with Gasteiger partial charge in [-0.05, 0) is 12.8 Å². The maximum Gasteiger partial charge on any atom is 0.211 e. The highest BCUT2D eigenvalue weighted by molar-refractivity contribution is 5.76. The molecule has 0 amide bonds. The highest BCUT2D eigenvalue weighted by Crippen LogP contribution is 2.08. The van der Waals surface area contributed by atoms with Crippen molar-refractivity contribution in [2.45, 2.75) is 64.7 Å². The minimum absolute atomic E-state index is 0.0205. The van der Waals surface area contributed by atoms with Crippen LogP contribution in [0.4, 0.5) is 0 Å². The lowest BCUT2D eigenvalue weighted by Gasteiger charge is -1.99. The molecule has 0 aliphatic heterocycles. The van der Waals surface area contributed by atoms with E-state index >= 15 is 0 Å². The van der Waals surface area contributed by atoms with E-state index in [1.807, 2.05) is 0 Å². The van der Waals surface area contributed by atoms with E-state index in [4.69, 9.17) is 11.5 Å². The van der Waals surface area contributed by atoms with Crippen molar-refractivity contribution in [2.24, 2.45) is 21.7 Å². The number of guanidine groups is 1. The second-order valence-corrected chi connectivity index (χ2v) is 4.09. The molecule has 0 heterocycles. The molecule has 0 radical (unpaired) electrons. The van der Waals surface area contributed by atoms with Crippen LogP contribution in [0.1, 0.15) is 64.7 Å². The van der Waals surface area contributed by atoms with Crippen molar-refractivity contribution in [3.63, 3.8) is 0 Å². The molecule has 94 valence electrons. The number of unbranched alkanes of at least 4 members (excludes halogenated alkanes) is 8. The fourth-order valence-corrected chi connectivity index (χ4v) is 1.53. The van der Waals surface area contributed by atoms with E-state index in [0.29, 0.717) is 0 Å². The highest BCUT2D eigenvalue weighted by atomic mass is 15.3. The average Bonchev–Trinajstić information content (AvgIpc) is 2.25. The molecule has 0 aliphatic rings. The molecular formula is C12H26N4. The van der Waals surface area contributed by atoms with Crippen LogP contribution in [0.25, 0.3) is 0 Å². The molecular weight excluding hydrogens is 200 g/mol. The quantitative estimate of drug-likeness (QED) is 0.260. The molecule has 0 fully saturated rings. The van der Waals surface area contributed by atoms with Gasteiger partial charge in [0.2, 0.25) is 5.96 Å². The molecule has 4 N–H and O–H groups in total. The fraction of sp³-hybridized carbons (Fsp3) is 0.833. The number of hydrogen-bond donors (Lipinski definition) is 2. The summed E-state index contributed by atoms with van der Waals surface area (Å²) in [5, 5.41) is 7.28. The molecule has 0 aliphatic carbocycles. The maximum atomic E-state index is 5.13. The van der Waals surface area contributed by atoms with Crippen molar-refractivity contribution in [3.05, 3.63) is 0 Å². The molecule has 0 aromatic heterocycles. The standard InChI is InChI=1S/C12H26N4/c1-2-3-4-5-6-7-8-9-10-11-15-16-12(13)14/h11H,2-10H2,1H3,(H4,13,14,16)/b15-11-. The molecule has 0 saturated carbocycles. The third-order valence-corrected chi connectivity index (χ3v) is 2.44. The van der Waals surface area contributed by atoms with Gasteiger partial charge in [-0.25, -0.2) is 0 Å². The Balaban J connectivity index is 3.10. The van der Waals surface area contributed by atoms with E-state index in [2.05, 4.69) is 17.1 Å². The third-order valence-electron chi connectivity index (χ3n) is 2.44. The van der Waals surface area contributed by atoms with Gasteiger partial charge < -0.3 is 11.5 Å². The van der Waals surface area contributed by atoms with Crippen molar-refractivity contribution in [1.82, 2.24) is 0 Å². The zero-order valence-corrected chi connectivity index (χ0v) is 10.5. The molecule has 0 aromatic rings. The normalized spacial score (nSPS) is 10.8. The van der Waals surface area contributed by atoms with Crippen molar-refractivity contribution in [3.8, 4) is 0 Å². The SMILES string of the molecule is CCCCCCCCCC/C=N\N=C(N)N. The van der Waals surface area contributed by atoms with E-state index in [0.717, 1.165) is 6.42 Å². The van der Waals surface area contributed by atoms with Gasteiger partial charge in [-0.3, -0.25) is 0 Å². The first-order valence-corrected chi connectivity index (χ1v) is 6.37. The minimum Gasteiger partial charge on any atom is -0.369 e. The van der Waals surface area contributed by atoms with Gasteiger partial charge in [-0.15, -0.1) is 5.10 Å². The Morgan fingerprint density at radius 1 is 0.938 bits per heavy atom. The summed E-state index contributed by atoms with van der Waals surface area (Å²) in [5.41, 5.74) is 10.3.